The van der Waals surface area contributed by atoms with Gasteiger partial charge in [0.2, 0.25) is 0 Å². The van der Waals surface area contributed by atoms with Crippen molar-refractivity contribution < 1.29 is 14.6 Å². The molecule has 0 saturated heterocycles. The number of aromatic nitrogens is 1. The molecule has 5 nitrogen and oxygen atoms in total. The molecular weight excluding hydrogens is 232 g/mol. The standard InChI is InChI=1S/C13H20N2O3/c1-4-10(2)15(8-9-18-3)12-11(13(16)17)6-5-7-14-12/h5-7,10H,4,8-9H2,1-3H3,(H,16,17). The van der Waals surface area contributed by atoms with Crippen molar-refractivity contribution in [2.24, 2.45) is 0 Å². The smallest absolute Gasteiger partial charge is 0.339 e. The summed E-state index contributed by atoms with van der Waals surface area (Å²) in [7, 11) is 1.63. The van der Waals surface area contributed by atoms with Crippen LogP contribution in [-0.4, -0.2) is 42.4 Å². The molecular formula is C13H20N2O3. The molecule has 0 aliphatic rings. The number of pyridine rings is 1. The molecule has 1 aromatic heterocycles. The fraction of sp³-hybridized carbons (Fsp3) is 0.538. The van der Waals surface area contributed by atoms with E-state index in [1.165, 1.54) is 0 Å². The van der Waals surface area contributed by atoms with Crippen LogP contribution in [0.3, 0.4) is 0 Å². The molecule has 5 heteroatoms. The van der Waals surface area contributed by atoms with Crippen molar-refractivity contribution in [1.29, 1.82) is 0 Å². The minimum atomic E-state index is -0.955. The second-order valence-electron chi connectivity index (χ2n) is 4.12. The van der Waals surface area contributed by atoms with E-state index in [9.17, 15) is 9.90 Å². The van der Waals surface area contributed by atoms with Gasteiger partial charge in [-0.2, -0.15) is 0 Å². The Bertz CT molecular complexity index is 396. The molecule has 0 bridgehead atoms. The molecule has 0 amide bonds. The minimum absolute atomic E-state index is 0.216. The van der Waals surface area contributed by atoms with Gasteiger partial charge in [0.15, 0.2) is 0 Å². The van der Waals surface area contributed by atoms with Gasteiger partial charge >= 0.3 is 5.97 Å². The highest BCUT2D eigenvalue weighted by Crippen LogP contribution is 2.20. The van der Waals surface area contributed by atoms with E-state index in [4.69, 9.17) is 4.74 Å². The quantitative estimate of drug-likeness (QED) is 0.804. The lowest BCUT2D eigenvalue weighted by Gasteiger charge is -2.30. The van der Waals surface area contributed by atoms with E-state index in [2.05, 4.69) is 18.8 Å². The first kappa shape index (κ1) is 14.4. The second kappa shape index (κ2) is 6.96. The van der Waals surface area contributed by atoms with Crippen molar-refractivity contribution in [3.05, 3.63) is 23.9 Å². The lowest BCUT2D eigenvalue weighted by Crippen LogP contribution is -2.37. The van der Waals surface area contributed by atoms with Crippen molar-refractivity contribution in [2.45, 2.75) is 26.3 Å². The zero-order chi connectivity index (χ0) is 13.5. The van der Waals surface area contributed by atoms with Crippen LogP contribution in [0.2, 0.25) is 0 Å². The van der Waals surface area contributed by atoms with Crippen LogP contribution in [0, 0.1) is 0 Å². The number of hydrogen-bond donors (Lipinski definition) is 1. The van der Waals surface area contributed by atoms with Gasteiger partial charge in [0.25, 0.3) is 0 Å². The largest absolute Gasteiger partial charge is 0.478 e. The number of methoxy groups -OCH3 is 1. The first-order chi connectivity index (χ1) is 8.61. The van der Waals surface area contributed by atoms with Crippen LogP contribution in [0.15, 0.2) is 18.3 Å². The molecule has 0 saturated carbocycles. The van der Waals surface area contributed by atoms with Crippen LogP contribution in [-0.2, 0) is 4.74 Å². The van der Waals surface area contributed by atoms with Gasteiger partial charge in [0.05, 0.1) is 6.61 Å². The maximum Gasteiger partial charge on any atom is 0.339 e. The third kappa shape index (κ3) is 3.43. The normalized spacial score (nSPS) is 12.2. The van der Waals surface area contributed by atoms with E-state index < -0.39 is 5.97 Å². The number of ether oxygens (including phenoxy) is 1. The van der Waals surface area contributed by atoms with Crippen molar-refractivity contribution in [1.82, 2.24) is 4.98 Å². The molecule has 0 aliphatic carbocycles. The number of hydrogen-bond acceptors (Lipinski definition) is 4. The maximum atomic E-state index is 11.2. The van der Waals surface area contributed by atoms with Crippen molar-refractivity contribution >= 4 is 11.8 Å². The van der Waals surface area contributed by atoms with E-state index in [1.807, 2.05) is 4.90 Å². The Balaban J connectivity index is 3.07. The van der Waals surface area contributed by atoms with Crippen LogP contribution in [0.1, 0.15) is 30.6 Å². The third-order valence-corrected chi connectivity index (χ3v) is 2.95. The average Bonchev–Trinajstić information content (AvgIpc) is 2.39. The maximum absolute atomic E-state index is 11.2. The molecule has 18 heavy (non-hydrogen) atoms. The SMILES string of the molecule is CCC(C)N(CCOC)c1ncccc1C(=O)O. The highest BCUT2D eigenvalue weighted by Gasteiger charge is 2.20. The number of anilines is 1. The Hall–Kier alpha value is -1.62. The second-order valence-corrected chi connectivity index (χ2v) is 4.12. The van der Waals surface area contributed by atoms with Crippen LogP contribution in [0.4, 0.5) is 5.82 Å². The van der Waals surface area contributed by atoms with Crippen LogP contribution >= 0.6 is 0 Å². The molecule has 1 heterocycles. The van der Waals surface area contributed by atoms with E-state index in [1.54, 1.807) is 25.4 Å². The molecule has 1 aromatic rings. The van der Waals surface area contributed by atoms with E-state index in [-0.39, 0.29) is 11.6 Å². The van der Waals surface area contributed by atoms with E-state index >= 15 is 0 Å². The highest BCUT2D eigenvalue weighted by molar-refractivity contribution is 5.93. The Morgan fingerprint density at radius 1 is 1.61 bits per heavy atom. The van der Waals surface area contributed by atoms with Gasteiger partial charge in [-0.3, -0.25) is 0 Å². The number of carbonyl (C=O) groups is 1. The third-order valence-electron chi connectivity index (χ3n) is 2.95. The number of carboxylic acid groups (broad SMARTS) is 1. The Morgan fingerprint density at radius 2 is 2.33 bits per heavy atom. The number of aromatic carboxylic acids is 1. The molecule has 1 unspecified atom stereocenters. The highest BCUT2D eigenvalue weighted by atomic mass is 16.5. The number of nitrogens with zero attached hydrogens (tertiary/aromatic N) is 2. The molecule has 0 aromatic carbocycles. The van der Waals surface area contributed by atoms with Gasteiger partial charge in [-0.05, 0) is 25.5 Å². The number of carboxylic acids is 1. The van der Waals surface area contributed by atoms with Crippen LogP contribution in [0.25, 0.3) is 0 Å². The zero-order valence-electron chi connectivity index (χ0n) is 11.1. The fourth-order valence-electron chi connectivity index (χ4n) is 1.74. The van der Waals surface area contributed by atoms with Gasteiger partial charge < -0.3 is 14.7 Å². The van der Waals surface area contributed by atoms with Gasteiger partial charge in [0, 0.05) is 25.9 Å². The molecule has 1 rings (SSSR count). The summed E-state index contributed by atoms with van der Waals surface area (Å²) in [5.41, 5.74) is 0.230. The molecule has 1 N–H and O–H groups in total. The lowest BCUT2D eigenvalue weighted by atomic mass is 10.1. The van der Waals surface area contributed by atoms with E-state index in [0.29, 0.717) is 19.0 Å². The average molecular weight is 252 g/mol. The summed E-state index contributed by atoms with van der Waals surface area (Å²) < 4.78 is 5.07. The predicted molar refractivity (Wildman–Crippen MR) is 70.2 cm³/mol. The molecule has 100 valence electrons. The minimum Gasteiger partial charge on any atom is -0.478 e. The molecule has 0 spiro atoms. The van der Waals surface area contributed by atoms with Gasteiger partial charge in [0.1, 0.15) is 11.4 Å². The van der Waals surface area contributed by atoms with E-state index in [0.717, 1.165) is 6.42 Å². The monoisotopic (exact) mass is 252 g/mol. The van der Waals surface area contributed by atoms with Crippen LogP contribution in [0.5, 0.6) is 0 Å². The summed E-state index contributed by atoms with van der Waals surface area (Å²) in [6.07, 6.45) is 2.53. The Morgan fingerprint density at radius 3 is 2.89 bits per heavy atom. The summed E-state index contributed by atoms with van der Waals surface area (Å²) in [5.74, 6) is -0.444. The predicted octanol–water partition coefficient (Wildman–Crippen LogP) is 2.03. The first-order valence-electron chi connectivity index (χ1n) is 6.05. The van der Waals surface area contributed by atoms with Crippen LogP contribution < -0.4 is 4.90 Å². The summed E-state index contributed by atoms with van der Waals surface area (Å²) in [5, 5.41) is 9.20. The molecule has 0 radical (unpaired) electrons. The summed E-state index contributed by atoms with van der Waals surface area (Å²) >= 11 is 0. The van der Waals surface area contributed by atoms with Gasteiger partial charge in [-0.1, -0.05) is 6.92 Å². The number of rotatable bonds is 7. The molecule has 1 atom stereocenters. The van der Waals surface area contributed by atoms with Crippen molar-refractivity contribution in [3.63, 3.8) is 0 Å². The topological polar surface area (TPSA) is 62.7 Å². The Kier molecular flexibility index (Phi) is 5.58. The zero-order valence-corrected chi connectivity index (χ0v) is 11.1. The van der Waals surface area contributed by atoms with Crippen molar-refractivity contribution in [2.75, 3.05) is 25.2 Å². The van der Waals surface area contributed by atoms with Gasteiger partial charge in [-0.25, -0.2) is 9.78 Å². The van der Waals surface area contributed by atoms with Crippen molar-refractivity contribution in [3.8, 4) is 0 Å². The molecule has 0 fully saturated rings. The van der Waals surface area contributed by atoms with Gasteiger partial charge in [-0.15, -0.1) is 0 Å². The fourth-order valence-corrected chi connectivity index (χ4v) is 1.74. The summed E-state index contributed by atoms with van der Waals surface area (Å²) in [4.78, 5) is 17.4. The summed E-state index contributed by atoms with van der Waals surface area (Å²) in [6.45, 7) is 5.28. The molecule has 0 aliphatic heterocycles. The first-order valence-corrected chi connectivity index (χ1v) is 6.05. The summed E-state index contributed by atoms with van der Waals surface area (Å²) in [6, 6.07) is 3.43. The Labute approximate surface area is 107 Å². The lowest BCUT2D eigenvalue weighted by molar-refractivity contribution is 0.0697.